The Kier molecular flexibility index (Phi) is 5.23. The first kappa shape index (κ1) is 14.8. The lowest BCUT2D eigenvalue weighted by Crippen LogP contribution is -2.29. The van der Waals surface area contributed by atoms with Crippen LogP contribution in [0.5, 0.6) is 0 Å². The molecule has 0 aromatic heterocycles. The van der Waals surface area contributed by atoms with E-state index >= 15 is 0 Å². The summed E-state index contributed by atoms with van der Waals surface area (Å²) < 4.78 is 14.1. The van der Waals surface area contributed by atoms with E-state index in [2.05, 4.69) is 12.2 Å². The SMILES string of the molecule is CCC1CCC(C(NC)c2ccc(Cl)cc2F)CC1. The molecule has 19 heavy (non-hydrogen) atoms. The van der Waals surface area contributed by atoms with Gasteiger partial charge >= 0.3 is 0 Å². The minimum Gasteiger partial charge on any atom is -0.313 e. The molecule has 0 heterocycles. The van der Waals surface area contributed by atoms with E-state index in [1.54, 1.807) is 6.07 Å². The standard InChI is InChI=1S/C16H23ClFN/c1-3-11-4-6-12(7-5-11)16(19-2)14-9-8-13(17)10-15(14)18/h8-12,16,19H,3-7H2,1-2H3. The van der Waals surface area contributed by atoms with Crippen LogP contribution in [0.3, 0.4) is 0 Å². The topological polar surface area (TPSA) is 12.0 Å². The van der Waals surface area contributed by atoms with Gasteiger partial charge in [0.15, 0.2) is 0 Å². The summed E-state index contributed by atoms with van der Waals surface area (Å²) in [5.74, 6) is 1.21. The van der Waals surface area contributed by atoms with Crippen molar-refractivity contribution >= 4 is 11.6 Å². The number of benzene rings is 1. The lowest BCUT2D eigenvalue weighted by Gasteiger charge is -2.34. The van der Waals surface area contributed by atoms with Crippen LogP contribution in [0.15, 0.2) is 18.2 Å². The molecule has 1 N–H and O–H groups in total. The molecule has 1 aromatic carbocycles. The zero-order valence-corrected chi connectivity index (χ0v) is 12.5. The van der Waals surface area contributed by atoms with Gasteiger partial charge < -0.3 is 5.32 Å². The van der Waals surface area contributed by atoms with E-state index in [1.807, 2.05) is 13.1 Å². The first-order valence-corrected chi connectivity index (χ1v) is 7.65. The highest BCUT2D eigenvalue weighted by Crippen LogP contribution is 2.38. The number of hydrogen-bond acceptors (Lipinski definition) is 1. The highest BCUT2D eigenvalue weighted by molar-refractivity contribution is 6.30. The molecule has 0 aliphatic heterocycles. The summed E-state index contributed by atoms with van der Waals surface area (Å²) >= 11 is 5.83. The molecule has 1 atom stereocenters. The van der Waals surface area contributed by atoms with Crippen molar-refractivity contribution in [2.75, 3.05) is 7.05 Å². The molecule has 1 aliphatic carbocycles. The van der Waals surface area contributed by atoms with Crippen molar-refractivity contribution in [1.29, 1.82) is 0 Å². The van der Waals surface area contributed by atoms with Crippen LogP contribution in [0.2, 0.25) is 5.02 Å². The number of halogens is 2. The Morgan fingerprint density at radius 1 is 1.32 bits per heavy atom. The third kappa shape index (κ3) is 3.49. The molecule has 0 amide bonds. The maximum atomic E-state index is 14.1. The van der Waals surface area contributed by atoms with Crippen LogP contribution >= 0.6 is 11.6 Å². The van der Waals surface area contributed by atoms with Crippen molar-refractivity contribution in [1.82, 2.24) is 5.32 Å². The predicted octanol–water partition coefficient (Wildman–Crippen LogP) is 4.96. The number of nitrogens with one attached hydrogen (secondary N) is 1. The first-order chi connectivity index (χ1) is 9.15. The summed E-state index contributed by atoms with van der Waals surface area (Å²) in [5, 5.41) is 3.76. The largest absolute Gasteiger partial charge is 0.313 e. The Morgan fingerprint density at radius 3 is 2.53 bits per heavy atom. The summed E-state index contributed by atoms with van der Waals surface area (Å²) in [6.45, 7) is 2.26. The van der Waals surface area contributed by atoms with E-state index in [9.17, 15) is 4.39 Å². The van der Waals surface area contributed by atoms with Crippen LogP contribution in [0.4, 0.5) is 4.39 Å². The Morgan fingerprint density at radius 2 is 2.00 bits per heavy atom. The van der Waals surface area contributed by atoms with E-state index < -0.39 is 0 Å². The Balaban J connectivity index is 2.12. The molecule has 1 aromatic rings. The fraction of sp³-hybridized carbons (Fsp3) is 0.625. The number of hydrogen-bond donors (Lipinski definition) is 1. The van der Waals surface area contributed by atoms with Crippen LogP contribution in [0, 0.1) is 17.7 Å². The molecule has 1 unspecified atom stereocenters. The maximum Gasteiger partial charge on any atom is 0.129 e. The second-order valence-electron chi connectivity index (χ2n) is 5.62. The third-order valence-corrected chi connectivity index (χ3v) is 4.78. The molecule has 0 radical (unpaired) electrons. The smallest absolute Gasteiger partial charge is 0.129 e. The van der Waals surface area contributed by atoms with Gasteiger partial charge in [-0.1, -0.05) is 43.9 Å². The molecule has 3 heteroatoms. The summed E-state index contributed by atoms with van der Waals surface area (Å²) in [5.41, 5.74) is 0.756. The maximum absolute atomic E-state index is 14.1. The second kappa shape index (κ2) is 6.71. The zero-order chi connectivity index (χ0) is 13.8. The van der Waals surface area contributed by atoms with Gasteiger partial charge in [0.05, 0.1) is 0 Å². The molecule has 1 nitrogen and oxygen atoms in total. The highest BCUT2D eigenvalue weighted by atomic mass is 35.5. The molecule has 0 bridgehead atoms. The van der Waals surface area contributed by atoms with Crippen LogP contribution in [0.25, 0.3) is 0 Å². The normalized spacial score (nSPS) is 25.3. The lowest BCUT2D eigenvalue weighted by atomic mass is 9.76. The molecular weight excluding hydrogens is 261 g/mol. The van der Waals surface area contributed by atoms with Crippen molar-refractivity contribution < 1.29 is 4.39 Å². The minimum absolute atomic E-state index is 0.107. The van der Waals surface area contributed by atoms with Crippen molar-refractivity contribution in [3.8, 4) is 0 Å². The van der Waals surface area contributed by atoms with Gasteiger partial charge in [-0.15, -0.1) is 0 Å². The molecule has 2 rings (SSSR count). The van der Waals surface area contributed by atoms with Crippen molar-refractivity contribution in [3.05, 3.63) is 34.6 Å². The first-order valence-electron chi connectivity index (χ1n) is 7.28. The predicted molar refractivity (Wildman–Crippen MR) is 78.9 cm³/mol. The van der Waals surface area contributed by atoms with Gasteiger partial charge in [0.2, 0.25) is 0 Å². The monoisotopic (exact) mass is 283 g/mol. The second-order valence-corrected chi connectivity index (χ2v) is 6.06. The van der Waals surface area contributed by atoms with E-state index in [4.69, 9.17) is 11.6 Å². The fourth-order valence-corrected chi connectivity index (χ4v) is 3.49. The molecular formula is C16H23ClFN. The summed E-state index contributed by atoms with van der Waals surface area (Å²) in [6.07, 6.45) is 6.19. The van der Waals surface area contributed by atoms with E-state index in [0.717, 1.165) is 11.5 Å². The average molecular weight is 284 g/mol. The lowest BCUT2D eigenvalue weighted by molar-refractivity contribution is 0.221. The quantitative estimate of drug-likeness (QED) is 0.824. The minimum atomic E-state index is -0.190. The van der Waals surface area contributed by atoms with E-state index in [0.29, 0.717) is 10.9 Å². The van der Waals surface area contributed by atoms with Crippen LogP contribution in [-0.2, 0) is 0 Å². The van der Waals surface area contributed by atoms with E-state index in [-0.39, 0.29) is 11.9 Å². The zero-order valence-electron chi connectivity index (χ0n) is 11.8. The van der Waals surface area contributed by atoms with Gasteiger partial charge in [0, 0.05) is 16.6 Å². The number of rotatable bonds is 4. The highest BCUT2D eigenvalue weighted by Gasteiger charge is 2.28. The van der Waals surface area contributed by atoms with Gasteiger partial charge in [0.1, 0.15) is 5.82 Å². The van der Waals surface area contributed by atoms with Gasteiger partial charge in [-0.2, -0.15) is 0 Å². The Labute approximate surface area is 120 Å². The molecule has 1 aliphatic rings. The fourth-order valence-electron chi connectivity index (χ4n) is 3.33. The van der Waals surface area contributed by atoms with Gasteiger partial charge in [-0.05, 0) is 43.9 Å². The third-order valence-electron chi connectivity index (χ3n) is 4.55. The van der Waals surface area contributed by atoms with Gasteiger partial charge in [-0.25, -0.2) is 4.39 Å². The molecule has 1 saturated carbocycles. The average Bonchev–Trinajstić information content (AvgIpc) is 2.42. The molecule has 0 spiro atoms. The van der Waals surface area contributed by atoms with Crippen LogP contribution in [-0.4, -0.2) is 7.05 Å². The van der Waals surface area contributed by atoms with Gasteiger partial charge in [-0.3, -0.25) is 0 Å². The Bertz CT molecular complexity index is 413. The summed E-state index contributed by atoms with van der Waals surface area (Å²) in [4.78, 5) is 0. The molecule has 106 valence electrons. The van der Waals surface area contributed by atoms with Crippen molar-refractivity contribution in [2.45, 2.75) is 45.1 Å². The summed E-state index contributed by atoms with van der Waals surface area (Å²) in [6, 6.07) is 5.13. The van der Waals surface area contributed by atoms with Crippen LogP contribution < -0.4 is 5.32 Å². The molecule has 1 fully saturated rings. The molecule has 0 saturated heterocycles. The Hall–Kier alpha value is -0.600. The van der Waals surface area contributed by atoms with Crippen molar-refractivity contribution in [2.24, 2.45) is 11.8 Å². The van der Waals surface area contributed by atoms with Crippen molar-refractivity contribution in [3.63, 3.8) is 0 Å². The van der Waals surface area contributed by atoms with E-state index in [1.165, 1.54) is 38.2 Å². The summed E-state index contributed by atoms with van der Waals surface area (Å²) in [7, 11) is 1.92. The van der Waals surface area contributed by atoms with Gasteiger partial charge in [0.25, 0.3) is 0 Å². The van der Waals surface area contributed by atoms with Crippen LogP contribution in [0.1, 0.15) is 50.6 Å².